The molecular formula is C21H21Cl2N3O3S. The first kappa shape index (κ1) is 22.5. The van der Waals surface area contributed by atoms with E-state index in [0.717, 1.165) is 5.75 Å². The molecule has 2 aromatic carbocycles. The van der Waals surface area contributed by atoms with Crippen LogP contribution in [-0.4, -0.2) is 40.3 Å². The Bertz CT molecular complexity index is 966. The van der Waals surface area contributed by atoms with E-state index in [0.29, 0.717) is 39.7 Å². The van der Waals surface area contributed by atoms with Gasteiger partial charge >= 0.3 is 0 Å². The number of amides is 2. The van der Waals surface area contributed by atoms with Gasteiger partial charge in [0.15, 0.2) is 5.17 Å². The molecule has 6 nitrogen and oxygen atoms in total. The van der Waals surface area contributed by atoms with Gasteiger partial charge in [0.05, 0.1) is 17.3 Å². The number of amidine groups is 1. The van der Waals surface area contributed by atoms with Crippen molar-refractivity contribution in [3.8, 4) is 5.75 Å². The van der Waals surface area contributed by atoms with Gasteiger partial charge in [0.2, 0.25) is 11.8 Å². The Labute approximate surface area is 189 Å². The molecule has 1 fully saturated rings. The van der Waals surface area contributed by atoms with E-state index in [2.05, 4.69) is 10.3 Å². The van der Waals surface area contributed by atoms with Crippen LogP contribution in [0.1, 0.15) is 20.3 Å². The molecule has 0 bridgehead atoms. The van der Waals surface area contributed by atoms with Crippen molar-refractivity contribution in [2.75, 3.05) is 18.5 Å². The Morgan fingerprint density at radius 1 is 1.20 bits per heavy atom. The number of rotatable bonds is 7. The molecular weight excluding hydrogens is 445 g/mol. The molecule has 0 radical (unpaired) electrons. The van der Waals surface area contributed by atoms with Crippen LogP contribution in [0.25, 0.3) is 0 Å². The number of carbonyl (C=O) groups excluding carboxylic acids is 2. The molecule has 1 aliphatic heterocycles. The van der Waals surface area contributed by atoms with Crippen molar-refractivity contribution in [2.24, 2.45) is 4.99 Å². The molecule has 1 heterocycles. The quantitative estimate of drug-likeness (QED) is 0.596. The zero-order chi connectivity index (χ0) is 21.7. The van der Waals surface area contributed by atoms with Gasteiger partial charge in [-0.3, -0.25) is 14.5 Å². The number of hydrogen-bond donors (Lipinski definition) is 1. The molecule has 30 heavy (non-hydrogen) atoms. The van der Waals surface area contributed by atoms with E-state index in [1.165, 1.54) is 11.8 Å². The van der Waals surface area contributed by atoms with Crippen molar-refractivity contribution in [1.29, 1.82) is 0 Å². The van der Waals surface area contributed by atoms with Crippen LogP contribution < -0.4 is 10.1 Å². The maximum absolute atomic E-state index is 12.8. The lowest BCUT2D eigenvalue weighted by atomic mass is 10.2. The Hall–Kier alpha value is -2.22. The third-order valence-corrected chi connectivity index (χ3v) is 6.00. The number of nitrogens with one attached hydrogen (secondary N) is 1. The first-order valence-corrected chi connectivity index (χ1v) is 11.1. The lowest BCUT2D eigenvalue weighted by molar-refractivity contribution is -0.128. The van der Waals surface area contributed by atoms with Crippen LogP contribution >= 0.6 is 35.0 Å². The van der Waals surface area contributed by atoms with Crippen molar-refractivity contribution in [3.63, 3.8) is 0 Å². The first-order valence-electron chi connectivity index (χ1n) is 9.45. The fourth-order valence-corrected chi connectivity index (χ4v) is 4.54. The maximum atomic E-state index is 12.8. The summed E-state index contributed by atoms with van der Waals surface area (Å²) in [4.78, 5) is 31.3. The van der Waals surface area contributed by atoms with Crippen molar-refractivity contribution in [3.05, 3.63) is 52.5 Å². The number of carbonyl (C=O) groups is 2. The van der Waals surface area contributed by atoms with Gasteiger partial charge in [0, 0.05) is 23.7 Å². The third-order valence-electron chi connectivity index (χ3n) is 4.28. The predicted octanol–water partition coefficient (Wildman–Crippen LogP) is 5.37. The molecule has 1 aliphatic rings. The highest BCUT2D eigenvalue weighted by Gasteiger charge is 2.38. The van der Waals surface area contributed by atoms with Crippen molar-refractivity contribution in [2.45, 2.75) is 25.5 Å². The number of anilines is 1. The summed E-state index contributed by atoms with van der Waals surface area (Å²) >= 11 is 13.4. The third kappa shape index (κ3) is 5.47. The Morgan fingerprint density at radius 2 is 1.93 bits per heavy atom. The zero-order valence-corrected chi connectivity index (χ0v) is 18.9. The molecule has 0 spiro atoms. The van der Waals surface area contributed by atoms with Crippen LogP contribution in [0.2, 0.25) is 10.0 Å². The summed E-state index contributed by atoms with van der Waals surface area (Å²) in [6.07, 6.45) is 0.0422. The Balaban J connectivity index is 1.68. The van der Waals surface area contributed by atoms with E-state index < -0.39 is 5.25 Å². The number of ether oxygens (including phenoxy) is 1. The van der Waals surface area contributed by atoms with Gasteiger partial charge in [0.1, 0.15) is 11.0 Å². The number of thioether (sulfide) groups is 1. The molecule has 0 saturated carbocycles. The number of nitrogens with zero attached hydrogens (tertiary/aromatic N) is 2. The van der Waals surface area contributed by atoms with Crippen molar-refractivity contribution >= 4 is 63.3 Å². The maximum Gasteiger partial charge on any atom is 0.242 e. The normalized spacial score (nSPS) is 17.5. The van der Waals surface area contributed by atoms with Crippen molar-refractivity contribution < 1.29 is 14.3 Å². The largest absolute Gasteiger partial charge is 0.494 e. The van der Waals surface area contributed by atoms with Gasteiger partial charge < -0.3 is 10.1 Å². The predicted molar refractivity (Wildman–Crippen MR) is 123 cm³/mol. The van der Waals surface area contributed by atoms with E-state index in [1.54, 1.807) is 47.4 Å². The van der Waals surface area contributed by atoms with Crippen LogP contribution in [0.15, 0.2) is 47.5 Å². The van der Waals surface area contributed by atoms with Crippen LogP contribution in [0.5, 0.6) is 5.75 Å². The first-order chi connectivity index (χ1) is 14.4. The molecule has 3 rings (SSSR count). The van der Waals surface area contributed by atoms with Gasteiger partial charge in [-0.2, -0.15) is 0 Å². The Morgan fingerprint density at radius 3 is 2.57 bits per heavy atom. The van der Waals surface area contributed by atoms with E-state index in [4.69, 9.17) is 27.9 Å². The number of aliphatic imine (C=N–C) groups is 1. The summed E-state index contributed by atoms with van der Waals surface area (Å²) in [5.74, 6) is 0.345. The monoisotopic (exact) mass is 465 g/mol. The zero-order valence-electron chi connectivity index (χ0n) is 16.5. The summed E-state index contributed by atoms with van der Waals surface area (Å²) in [6.45, 7) is 4.79. The molecule has 2 amide bonds. The molecule has 1 N–H and O–H groups in total. The van der Waals surface area contributed by atoms with E-state index in [9.17, 15) is 9.59 Å². The minimum Gasteiger partial charge on any atom is -0.494 e. The lowest BCUT2D eigenvalue weighted by Gasteiger charge is -2.13. The highest BCUT2D eigenvalue weighted by molar-refractivity contribution is 8.15. The van der Waals surface area contributed by atoms with E-state index in [1.807, 2.05) is 13.8 Å². The van der Waals surface area contributed by atoms with Gasteiger partial charge in [-0.1, -0.05) is 35.0 Å². The van der Waals surface area contributed by atoms with E-state index in [-0.39, 0.29) is 18.2 Å². The van der Waals surface area contributed by atoms with Crippen molar-refractivity contribution in [1.82, 2.24) is 4.90 Å². The topological polar surface area (TPSA) is 71.0 Å². The second-order valence-corrected chi connectivity index (χ2v) is 8.40. The molecule has 1 saturated heterocycles. The molecule has 1 atom stereocenters. The second kappa shape index (κ2) is 10.2. The van der Waals surface area contributed by atoms with Crippen LogP contribution in [0.3, 0.4) is 0 Å². The van der Waals surface area contributed by atoms with Gasteiger partial charge in [-0.25, -0.2) is 4.99 Å². The average Bonchev–Trinajstić information content (AvgIpc) is 3.00. The molecule has 9 heteroatoms. The standard InChI is InChI=1S/C21H21Cl2N3O3S/c1-3-26-20(28)18(30-21(26)25-17-10-5-13(22)11-16(17)23)12-19(27)24-14-6-8-15(9-7-14)29-4-2/h5-11,18H,3-4,12H2,1-2H3,(H,24,27). The smallest absolute Gasteiger partial charge is 0.242 e. The Kier molecular flexibility index (Phi) is 7.64. The van der Waals surface area contributed by atoms with Crippen LogP contribution in [0.4, 0.5) is 11.4 Å². The molecule has 0 aliphatic carbocycles. The minimum absolute atomic E-state index is 0.0422. The van der Waals surface area contributed by atoms with E-state index >= 15 is 0 Å². The SMILES string of the molecule is CCOc1ccc(NC(=O)CC2SC(=Nc3ccc(Cl)cc3Cl)N(CC)C2=O)cc1. The average molecular weight is 466 g/mol. The number of halogens is 2. The fraction of sp³-hybridized carbons (Fsp3) is 0.286. The molecule has 158 valence electrons. The molecule has 1 unspecified atom stereocenters. The number of benzene rings is 2. The minimum atomic E-state index is -0.544. The van der Waals surface area contributed by atoms with Gasteiger partial charge in [-0.05, 0) is 56.3 Å². The summed E-state index contributed by atoms with van der Waals surface area (Å²) < 4.78 is 5.39. The molecule has 0 aromatic heterocycles. The highest BCUT2D eigenvalue weighted by atomic mass is 35.5. The number of hydrogen-bond acceptors (Lipinski definition) is 5. The lowest BCUT2D eigenvalue weighted by Crippen LogP contribution is -2.33. The second-order valence-electron chi connectivity index (χ2n) is 6.39. The summed E-state index contributed by atoms with van der Waals surface area (Å²) in [6, 6.07) is 12.1. The van der Waals surface area contributed by atoms with Crippen LogP contribution in [-0.2, 0) is 9.59 Å². The van der Waals surface area contributed by atoms with Gasteiger partial charge in [0.25, 0.3) is 0 Å². The van der Waals surface area contributed by atoms with Crippen LogP contribution in [0, 0.1) is 0 Å². The summed E-state index contributed by atoms with van der Waals surface area (Å²) in [7, 11) is 0. The fourth-order valence-electron chi connectivity index (χ4n) is 2.87. The summed E-state index contributed by atoms with van der Waals surface area (Å²) in [5, 5.41) is 3.70. The summed E-state index contributed by atoms with van der Waals surface area (Å²) in [5.41, 5.74) is 1.17. The molecule has 2 aromatic rings. The highest BCUT2D eigenvalue weighted by Crippen LogP contribution is 2.34. The van der Waals surface area contributed by atoms with Gasteiger partial charge in [-0.15, -0.1) is 0 Å².